The molecule has 2 nitrogen and oxygen atoms in total. The van der Waals surface area contributed by atoms with E-state index in [-0.39, 0.29) is 6.10 Å². The van der Waals surface area contributed by atoms with E-state index in [1.165, 1.54) is 11.3 Å². The molecule has 0 saturated heterocycles. The molecule has 0 bridgehead atoms. The lowest BCUT2D eigenvalue weighted by Crippen LogP contribution is -2.17. The van der Waals surface area contributed by atoms with Crippen molar-refractivity contribution < 1.29 is 5.11 Å². The maximum atomic E-state index is 10.0. The summed E-state index contributed by atoms with van der Waals surface area (Å²) in [5.41, 5.74) is 3.51. The fourth-order valence-electron chi connectivity index (χ4n) is 2.22. The SMILES string of the molecule is Cc1cccc2c1C(O)CCCN2C. The third kappa shape index (κ3) is 1.50. The van der Waals surface area contributed by atoms with Crippen LogP contribution in [0.3, 0.4) is 0 Å². The van der Waals surface area contributed by atoms with Crippen molar-refractivity contribution in [3.63, 3.8) is 0 Å². The van der Waals surface area contributed by atoms with E-state index in [0.717, 1.165) is 24.9 Å². The molecule has 2 heteroatoms. The molecule has 1 heterocycles. The van der Waals surface area contributed by atoms with Gasteiger partial charge < -0.3 is 10.0 Å². The first kappa shape index (κ1) is 9.53. The minimum absolute atomic E-state index is 0.281. The van der Waals surface area contributed by atoms with Gasteiger partial charge in [-0.25, -0.2) is 0 Å². The van der Waals surface area contributed by atoms with Crippen LogP contribution in [0, 0.1) is 6.92 Å². The van der Waals surface area contributed by atoms with Crippen LogP contribution in [-0.4, -0.2) is 18.7 Å². The highest BCUT2D eigenvalue weighted by atomic mass is 16.3. The highest BCUT2D eigenvalue weighted by Gasteiger charge is 2.20. The van der Waals surface area contributed by atoms with E-state index in [9.17, 15) is 5.11 Å². The third-order valence-corrected chi connectivity index (χ3v) is 3.02. The van der Waals surface area contributed by atoms with Crippen molar-refractivity contribution in [1.82, 2.24) is 0 Å². The number of benzene rings is 1. The molecule has 1 aromatic rings. The molecule has 0 fully saturated rings. The molecule has 0 aromatic heterocycles. The molecule has 1 unspecified atom stereocenters. The summed E-state index contributed by atoms with van der Waals surface area (Å²) >= 11 is 0. The molecule has 76 valence electrons. The number of anilines is 1. The van der Waals surface area contributed by atoms with Crippen LogP contribution in [0.2, 0.25) is 0 Å². The molecule has 0 spiro atoms. The summed E-state index contributed by atoms with van der Waals surface area (Å²) in [4.78, 5) is 2.23. The second-order valence-corrected chi connectivity index (χ2v) is 4.09. The Morgan fingerprint density at radius 1 is 1.43 bits per heavy atom. The largest absolute Gasteiger partial charge is 0.388 e. The number of fused-ring (bicyclic) bond motifs is 1. The molecule has 1 aliphatic rings. The van der Waals surface area contributed by atoms with Crippen LogP contribution in [0.1, 0.15) is 30.1 Å². The molecule has 0 aliphatic carbocycles. The zero-order chi connectivity index (χ0) is 10.1. The van der Waals surface area contributed by atoms with Gasteiger partial charge in [-0.15, -0.1) is 0 Å². The Balaban J connectivity index is 2.54. The van der Waals surface area contributed by atoms with E-state index in [1.807, 2.05) is 0 Å². The van der Waals surface area contributed by atoms with Gasteiger partial charge in [0, 0.05) is 24.8 Å². The summed E-state index contributed by atoms with van der Waals surface area (Å²) in [6.07, 6.45) is 1.66. The number of aryl methyl sites for hydroxylation is 1. The number of hydrogen-bond donors (Lipinski definition) is 1. The van der Waals surface area contributed by atoms with Gasteiger partial charge in [0.05, 0.1) is 6.10 Å². The summed E-state index contributed by atoms with van der Waals surface area (Å²) in [7, 11) is 2.09. The fraction of sp³-hybridized carbons (Fsp3) is 0.500. The van der Waals surface area contributed by atoms with E-state index in [0.29, 0.717) is 0 Å². The summed E-state index contributed by atoms with van der Waals surface area (Å²) in [6, 6.07) is 6.22. The Morgan fingerprint density at radius 2 is 2.21 bits per heavy atom. The van der Waals surface area contributed by atoms with Crippen LogP contribution >= 0.6 is 0 Å². The topological polar surface area (TPSA) is 23.5 Å². The smallest absolute Gasteiger partial charge is 0.0813 e. The summed E-state index contributed by atoms with van der Waals surface area (Å²) in [5, 5.41) is 10.0. The van der Waals surface area contributed by atoms with E-state index in [1.54, 1.807) is 0 Å². The van der Waals surface area contributed by atoms with Crippen LogP contribution < -0.4 is 4.90 Å². The Bertz CT molecular complexity index is 335. The first-order valence-electron chi connectivity index (χ1n) is 5.19. The molecule has 0 saturated carbocycles. The van der Waals surface area contributed by atoms with Gasteiger partial charge in [0.25, 0.3) is 0 Å². The predicted molar refractivity (Wildman–Crippen MR) is 58.6 cm³/mol. The molecule has 1 aromatic carbocycles. The number of nitrogens with zero attached hydrogens (tertiary/aromatic N) is 1. The van der Waals surface area contributed by atoms with E-state index >= 15 is 0 Å². The maximum Gasteiger partial charge on any atom is 0.0813 e. The molecule has 14 heavy (non-hydrogen) atoms. The molecule has 1 atom stereocenters. The number of hydrogen-bond acceptors (Lipinski definition) is 2. The van der Waals surface area contributed by atoms with Crippen LogP contribution in [0.15, 0.2) is 18.2 Å². The molecule has 0 radical (unpaired) electrons. The molecular formula is C12H17NO. The van der Waals surface area contributed by atoms with Crippen LogP contribution in [0.25, 0.3) is 0 Å². The lowest BCUT2D eigenvalue weighted by molar-refractivity contribution is 0.168. The first-order chi connectivity index (χ1) is 6.70. The highest BCUT2D eigenvalue weighted by molar-refractivity contribution is 5.57. The quantitative estimate of drug-likeness (QED) is 0.680. The maximum absolute atomic E-state index is 10.0. The van der Waals surface area contributed by atoms with Gasteiger partial charge in [-0.2, -0.15) is 0 Å². The Labute approximate surface area is 85.2 Å². The van der Waals surface area contributed by atoms with Crippen LogP contribution in [0.5, 0.6) is 0 Å². The first-order valence-corrected chi connectivity index (χ1v) is 5.19. The Kier molecular flexibility index (Phi) is 2.46. The Hall–Kier alpha value is -1.02. The lowest BCUT2D eigenvalue weighted by atomic mass is 9.99. The molecule has 2 rings (SSSR count). The van der Waals surface area contributed by atoms with Crippen molar-refractivity contribution in [3.05, 3.63) is 29.3 Å². The average molecular weight is 191 g/mol. The second kappa shape index (κ2) is 3.62. The normalized spacial score (nSPS) is 21.6. The summed E-state index contributed by atoms with van der Waals surface area (Å²) in [5.74, 6) is 0. The van der Waals surface area contributed by atoms with Gasteiger partial charge in [0.15, 0.2) is 0 Å². The van der Waals surface area contributed by atoms with Gasteiger partial charge in [0.1, 0.15) is 0 Å². The third-order valence-electron chi connectivity index (χ3n) is 3.02. The standard InChI is InChI=1S/C12H17NO/c1-9-5-3-6-10-12(9)11(14)7-4-8-13(10)2/h3,5-6,11,14H,4,7-8H2,1-2H3. The van der Waals surface area contributed by atoms with E-state index < -0.39 is 0 Å². The number of rotatable bonds is 0. The second-order valence-electron chi connectivity index (χ2n) is 4.09. The molecular weight excluding hydrogens is 174 g/mol. The molecule has 0 amide bonds. The zero-order valence-corrected chi connectivity index (χ0v) is 8.83. The van der Waals surface area contributed by atoms with Gasteiger partial charge in [-0.05, 0) is 31.4 Å². The summed E-state index contributed by atoms with van der Waals surface area (Å²) < 4.78 is 0. The van der Waals surface area contributed by atoms with Gasteiger partial charge in [-0.1, -0.05) is 12.1 Å². The summed E-state index contributed by atoms with van der Waals surface area (Å²) in [6.45, 7) is 3.11. The highest BCUT2D eigenvalue weighted by Crippen LogP contribution is 2.34. The van der Waals surface area contributed by atoms with Crippen molar-refractivity contribution in [2.45, 2.75) is 25.9 Å². The van der Waals surface area contributed by atoms with Gasteiger partial charge in [-0.3, -0.25) is 0 Å². The van der Waals surface area contributed by atoms with Crippen molar-refractivity contribution in [2.75, 3.05) is 18.5 Å². The number of aliphatic hydroxyl groups excluding tert-OH is 1. The van der Waals surface area contributed by atoms with E-state index in [4.69, 9.17) is 0 Å². The number of aliphatic hydroxyl groups is 1. The van der Waals surface area contributed by atoms with Crippen molar-refractivity contribution >= 4 is 5.69 Å². The molecule has 1 aliphatic heterocycles. The van der Waals surface area contributed by atoms with Crippen LogP contribution in [-0.2, 0) is 0 Å². The fourth-order valence-corrected chi connectivity index (χ4v) is 2.22. The minimum atomic E-state index is -0.281. The van der Waals surface area contributed by atoms with Crippen molar-refractivity contribution in [3.8, 4) is 0 Å². The average Bonchev–Trinajstić information content (AvgIpc) is 2.29. The monoisotopic (exact) mass is 191 g/mol. The van der Waals surface area contributed by atoms with Crippen molar-refractivity contribution in [1.29, 1.82) is 0 Å². The molecule has 1 N–H and O–H groups in total. The van der Waals surface area contributed by atoms with Gasteiger partial charge in [0.2, 0.25) is 0 Å². The van der Waals surface area contributed by atoms with E-state index in [2.05, 4.69) is 37.1 Å². The van der Waals surface area contributed by atoms with Crippen molar-refractivity contribution in [2.24, 2.45) is 0 Å². The zero-order valence-electron chi connectivity index (χ0n) is 8.83. The van der Waals surface area contributed by atoms with Gasteiger partial charge >= 0.3 is 0 Å². The predicted octanol–water partition coefficient (Wildman–Crippen LogP) is 2.26. The van der Waals surface area contributed by atoms with Crippen LogP contribution in [0.4, 0.5) is 5.69 Å². The minimum Gasteiger partial charge on any atom is -0.388 e. The lowest BCUT2D eigenvalue weighted by Gasteiger charge is -2.21. The Morgan fingerprint density at radius 3 is 3.00 bits per heavy atom.